The lowest BCUT2D eigenvalue weighted by atomic mass is 9.97. The average molecular weight is 797 g/mol. The molecular weight excluding hydrogens is 752 g/mol. The van der Waals surface area contributed by atoms with Gasteiger partial charge in [-0.3, -0.25) is 9.59 Å². The lowest BCUT2D eigenvalue weighted by Gasteiger charge is -2.46. The molecular formula is C36H44O20. The van der Waals surface area contributed by atoms with Gasteiger partial charge in [-0.1, -0.05) is 0 Å². The van der Waals surface area contributed by atoms with Crippen molar-refractivity contribution in [1.29, 1.82) is 0 Å². The zero-order valence-electron chi connectivity index (χ0n) is 30.1. The first-order valence-corrected chi connectivity index (χ1v) is 17.5. The zero-order chi connectivity index (χ0) is 40.6. The second-order valence-corrected chi connectivity index (χ2v) is 13.6. The number of ether oxygens (including phenoxy) is 8. The molecule has 6 rings (SSSR count). The van der Waals surface area contributed by atoms with Crippen molar-refractivity contribution in [2.24, 2.45) is 0 Å². The maximum absolute atomic E-state index is 13.0. The van der Waals surface area contributed by atoms with E-state index in [1.807, 2.05) is 0 Å². The van der Waals surface area contributed by atoms with Gasteiger partial charge < -0.3 is 88.3 Å². The van der Waals surface area contributed by atoms with Gasteiger partial charge in [0, 0.05) is 30.7 Å². The lowest BCUT2D eigenvalue weighted by molar-refractivity contribution is -0.369. The standard InChI is InChI=1S/C36H44O20/c1-13-25(40)30(45)33(56-35-32(47)29(44)26(41)22(55-35)11-49-14(2)37)36(51-13)50-12-23-27(42)28(43)31(46)34(54-23)52-17-8-18(38)24-19(39)10-20(53-21(24)9-17)15-4-6-16(48-3)7-5-15/h4-10,13,22-23,25-36,38,40-47H,11-12H2,1-3H3/t13-,22+,23+,25-,26+,27+,28-,29-,30+,31+,32+,33+,34+,35-,36+/m0/s1. The van der Waals surface area contributed by atoms with E-state index in [-0.39, 0.29) is 22.5 Å². The van der Waals surface area contributed by atoms with E-state index >= 15 is 0 Å². The van der Waals surface area contributed by atoms with Gasteiger partial charge in [-0.15, -0.1) is 0 Å². The number of aliphatic hydroxyl groups is 8. The zero-order valence-corrected chi connectivity index (χ0v) is 30.1. The lowest BCUT2D eigenvalue weighted by Crippen LogP contribution is -2.64. The molecule has 0 amide bonds. The molecule has 20 heteroatoms. The fraction of sp³-hybridized carbons (Fsp3) is 0.556. The minimum Gasteiger partial charge on any atom is -0.507 e. The number of fused-ring (bicyclic) bond motifs is 1. The van der Waals surface area contributed by atoms with Crippen LogP contribution >= 0.6 is 0 Å². The van der Waals surface area contributed by atoms with Crippen molar-refractivity contribution in [1.82, 2.24) is 0 Å². The normalized spacial score (nSPS) is 36.2. The van der Waals surface area contributed by atoms with Crippen molar-refractivity contribution in [3.63, 3.8) is 0 Å². The van der Waals surface area contributed by atoms with Crippen LogP contribution in [0.25, 0.3) is 22.3 Å². The summed E-state index contributed by atoms with van der Waals surface area (Å²) in [7, 11) is 1.50. The Bertz CT molecular complexity index is 1870. The Morgan fingerprint density at radius 3 is 1.98 bits per heavy atom. The Morgan fingerprint density at radius 2 is 1.34 bits per heavy atom. The predicted octanol–water partition coefficient (Wildman–Crippen LogP) is -2.40. The Labute approximate surface area is 317 Å². The molecule has 3 aromatic rings. The maximum atomic E-state index is 13.0. The number of hydrogen-bond acceptors (Lipinski definition) is 20. The average Bonchev–Trinajstić information content (AvgIpc) is 3.17. The molecule has 2 aromatic carbocycles. The minimum absolute atomic E-state index is 0.0915. The van der Waals surface area contributed by atoms with E-state index < -0.39 is 122 Å². The van der Waals surface area contributed by atoms with E-state index in [4.69, 9.17) is 42.3 Å². The van der Waals surface area contributed by atoms with Crippen LogP contribution in [0.1, 0.15) is 13.8 Å². The number of aliphatic hydroxyl groups excluding tert-OH is 8. The molecule has 1 aromatic heterocycles. The third-order valence-corrected chi connectivity index (χ3v) is 9.70. The number of phenolic OH excluding ortho intramolecular Hbond substituents is 1. The summed E-state index contributed by atoms with van der Waals surface area (Å²) in [5.74, 6) is -0.689. The van der Waals surface area contributed by atoms with Gasteiger partial charge in [0.05, 0.1) is 19.8 Å². The molecule has 56 heavy (non-hydrogen) atoms. The van der Waals surface area contributed by atoms with E-state index in [1.54, 1.807) is 24.3 Å². The number of esters is 1. The van der Waals surface area contributed by atoms with Crippen LogP contribution in [0.15, 0.2) is 51.7 Å². The largest absolute Gasteiger partial charge is 0.507 e. The number of carbonyl (C=O) groups is 1. The molecule has 15 atom stereocenters. The van der Waals surface area contributed by atoms with Crippen LogP contribution in [-0.2, 0) is 33.2 Å². The molecule has 0 bridgehead atoms. The number of aromatic hydroxyl groups is 1. The summed E-state index contributed by atoms with van der Waals surface area (Å²) in [4.78, 5) is 24.3. The SMILES string of the molecule is COc1ccc(-c2cc(=O)c3c(O)cc(O[C@@H]4O[C@H](CO[C@@H]5O[C@@H](C)[C@H](O)[C@@H](O)[C@H]5O[C@@H]5O[C@H](COC(C)=O)[C@@H](O)[C@H](O)[C@H]5O)[C@@H](O)[C@H](O)[C@H]4O)cc3o2)cc1. The van der Waals surface area contributed by atoms with E-state index in [0.717, 1.165) is 13.0 Å². The highest BCUT2D eigenvalue weighted by atomic mass is 16.8. The van der Waals surface area contributed by atoms with E-state index in [0.29, 0.717) is 11.3 Å². The number of benzene rings is 2. The van der Waals surface area contributed by atoms with Gasteiger partial charge in [-0.25, -0.2) is 0 Å². The van der Waals surface area contributed by atoms with Crippen molar-refractivity contribution in [2.45, 2.75) is 106 Å². The summed E-state index contributed by atoms with van der Waals surface area (Å²) in [5.41, 5.74) is -0.133. The van der Waals surface area contributed by atoms with Crippen molar-refractivity contribution in [2.75, 3.05) is 20.3 Å². The second kappa shape index (κ2) is 17.2. The molecule has 3 saturated heterocycles. The van der Waals surface area contributed by atoms with E-state index in [9.17, 15) is 55.5 Å². The van der Waals surface area contributed by atoms with Gasteiger partial charge in [0.2, 0.25) is 6.29 Å². The topological polar surface area (TPSA) is 303 Å². The number of methoxy groups -OCH3 is 1. The van der Waals surface area contributed by atoms with Crippen molar-refractivity contribution < 1.29 is 93.1 Å². The fourth-order valence-electron chi connectivity index (χ4n) is 6.49. The Balaban J connectivity index is 1.18. The second-order valence-electron chi connectivity index (χ2n) is 13.6. The summed E-state index contributed by atoms with van der Waals surface area (Å²) in [5, 5.41) is 95.8. The first-order valence-electron chi connectivity index (χ1n) is 17.5. The maximum Gasteiger partial charge on any atom is 0.302 e. The van der Waals surface area contributed by atoms with Crippen LogP contribution in [0.4, 0.5) is 0 Å². The molecule has 3 aliphatic rings. The number of phenols is 1. The first-order chi connectivity index (χ1) is 26.6. The smallest absolute Gasteiger partial charge is 0.302 e. The highest BCUT2D eigenvalue weighted by Crippen LogP contribution is 2.35. The summed E-state index contributed by atoms with van der Waals surface area (Å²) in [6.45, 7) is 1.33. The van der Waals surface area contributed by atoms with Gasteiger partial charge in [0.15, 0.2) is 18.0 Å². The van der Waals surface area contributed by atoms with Crippen LogP contribution in [-0.4, -0.2) is 164 Å². The van der Waals surface area contributed by atoms with Gasteiger partial charge in [-0.05, 0) is 31.2 Å². The van der Waals surface area contributed by atoms with E-state index in [1.165, 1.54) is 26.2 Å². The first kappa shape index (κ1) is 41.6. The van der Waals surface area contributed by atoms with Gasteiger partial charge in [0.25, 0.3) is 0 Å². The summed E-state index contributed by atoms with van der Waals surface area (Å²) < 4.78 is 50.2. The molecule has 0 spiro atoms. The molecule has 9 N–H and O–H groups in total. The molecule has 3 aliphatic heterocycles. The van der Waals surface area contributed by atoms with Crippen LogP contribution in [0.3, 0.4) is 0 Å². The molecule has 308 valence electrons. The van der Waals surface area contributed by atoms with Gasteiger partial charge in [-0.2, -0.15) is 0 Å². The van der Waals surface area contributed by atoms with E-state index in [2.05, 4.69) is 0 Å². The van der Waals surface area contributed by atoms with Crippen molar-refractivity contribution in [3.05, 3.63) is 52.7 Å². The number of carbonyl (C=O) groups excluding carboxylic acids is 1. The van der Waals surface area contributed by atoms with Crippen molar-refractivity contribution >= 4 is 16.9 Å². The quantitative estimate of drug-likeness (QED) is 0.0914. The van der Waals surface area contributed by atoms with Crippen LogP contribution < -0.4 is 14.9 Å². The fourth-order valence-corrected chi connectivity index (χ4v) is 6.49. The van der Waals surface area contributed by atoms with Gasteiger partial charge in [0.1, 0.15) is 108 Å². The Morgan fingerprint density at radius 1 is 0.714 bits per heavy atom. The Hall–Kier alpha value is -4.00. The third kappa shape index (κ3) is 8.62. The van der Waals surface area contributed by atoms with Gasteiger partial charge >= 0.3 is 5.97 Å². The third-order valence-electron chi connectivity index (χ3n) is 9.70. The van der Waals surface area contributed by atoms with Crippen LogP contribution in [0.2, 0.25) is 0 Å². The summed E-state index contributed by atoms with van der Waals surface area (Å²) in [6, 6.07) is 10.2. The molecule has 4 heterocycles. The molecule has 0 radical (unpaired) electrons. The number of hydrogen-bond donors (Lipinski definition) is 9. The molecule has 0 unspecified atom stereocenters. The Kier molecular flexibility index (Phi) is 12.8. The number of rotatable bonds is 11. The monoisotopic (exact) mass is 796 g/mol. The molecule has 0 aliphatic carbocycles. The summed E-state index contributed by atoms with van der Waals surface area (Å²) in [6.07, 6.45) is -25.0. The van der Waals surface area contributed by atoms with Crippen LogP contribution in [0.5, 0.6) is 17.2 Å². The molecule has 20 nitrogen and oxygen atoms in total. The highest BCUT2D eigenvalue weighted by Gasteiger charge is 2.51. The summed E-state index contributed by atoms with van der Waals surface area (Å²) >= 11 is 0. The molecule has 0 saturated carbocycles. The highest BCUT2D eigenvalue weighted by molar-refractivity contribution is 5.86. The molecule has 3 fully saturated rings. The predicted molar refractivity (Wildman–Crippen MR) is 184 cm³/mol. The van der Waals surface area contributed by atoms with Crippen LogP contribution in [0, 0.1) is 0 Å². The minimum atomic E-state index is -1.91. The van der Waals surface area contributed by atoms with Crippen molar-refractivity contribution in [3.8, 4) is 28.6 Å².